The molecule has 1 aliphatic heterocycles. The Labute approximate surface area is 135 Å². The van der Waals surface area contributed by atoms with Crippen molar-refractivity contribution in [2.24, 2.45) is 0 Å². The summed E-state index contributed by atoms with van der Waals surface area (Å²) in [6, 6.07) is 13.7. The van der Waals surface area contributed by atoms with Crippen molar-refractivity contribution in [3.05, 3.63) is 63.6 Å². The minimum absolute atomic E-state index is 0.0121. The molecule has 0 aromatic heterocycles. The lowest BCUT2D eigenvalue weighted by molar-refractivity contribution is 0.152. The summed E-state index contributed by atoms with van der Waals surface area (Å²) in [5.41, 5.74) is 2.20. The van der Waals surface area contributed by atoms with Crippen molar-refractivity contribution in [3.63, 3.8) is 0 Å². The van der Waals surface area contributed by atoms with Crippen LogP contribution < -0.4 is 4.74 Å². The third-order valence-corrected chi connectivity index (χ3v) is 4.45. The number of rotatable bonds is 2. The van der Waals surface area contributed by atoms with Crippen molar-refractivity contribution >= 4 is 23.2 Å². The van der Waals surface area contributed by atoms with E-state index in [1.54, 1.807) is 0 Å². The first-order valence-electron chi connectivity index (χ1n) is 7.09. The Hall–Kier alpha value is -1.22. The van der Waals surface area contributed by atoms with Gasteiger partial charge in [-0.2, -0.15) is 0 Å². The fraction of sp³-hybridized carbons (Fsp3) is 0.294. The van der Waals surface area contributed by atoms with Crippen LogP contribution in [0.15, 0.2) is 42.5 Å². The smallest absolute Gasteiger partial charge is 0.136 e. The molecule has 0 amide bonds. The van der Waals surface area contributed by atoms with Gasteiger partial charge in [-0.3, -0.25) is 4.90 Å². The Morgan fingerprint density at radius 3 is 2.62 bits per heavy atom. The van der Waals surface area contributed by atoms with Gasteiger partial charge in [0, 0.05) is 28.7 Å². The highest BCUT2D eigenvalue weighted by Crippen LogP contribution is 2.35. The third-order valence-electron chi connectivity index (χ3n) is 3.84. The van der Waals surface area contributed by atoms with Crippen LogP contribution in [0.1, 0.15) is 24.2 Å². The highest BCUT2D eigenvalue weighted by Gasteiger charge is 2.24. The average molecular weight is 322 g/mol. The maximum absolute atomic E-state index is 6.33. The molecular formula is C17H17Cl2NO. The molecule has 0 saturated heterocycles. The van der Waals surface area contributed by atoms with Crippen LogP contribution in [0.3, 0.4) is 0 Å². The van der Waals surface area contributed by atoms with Crippen molar-refractivity contribution in [2.45, 2.75) is 19.6 Å². The first-order chi connectivity index (χ1) is 10.2. The Morgan fingerprint density at radius 2 is 1.90 bits per heavy atom. The van der Waals surface area contributed by atoms with Gasteiger partial charge in [0.15, 0.2) is 0 Å². The van der Waals surface area contributed by atoms with Crippen LogP contribution in [0, 0.1) is 0 Å². The van der Waals surface area contributed by atoms with Crippen LogP contribution >= 0.6 is 23.2 Å². The van der Waals surface area contributed by atoms with Gasteiger partial charge in [0.1, 0.15) is 11.9 Å². The van der Waals surface area contributed by atoms with E-state index in [1.807, 2.05) is 42.5 Å². The molecule has 2 aromatic rings. The van der Waals surface area contributed by atoms with Gasteiger partial charge in [-0.1, -0.05) is 48.3 Å². The van der Waals surface area contributed by atoms with Crippen LogP contribution in [0.2, 0.25) is 10.0 Å². The molecule has 0 N–H and O–H groups in total. The topological polar surface area (TPSA) is 12.5 Å². The molecule has 2 nitrogen and oxygen atoms in total. The molecule has 0 aliphatic carbocycles. The summed E-state index contributed by atoms with van der Waals surface area (Å²) >= 11 is 12.3. The van der Waals surface area contributed by atoms with Crippen LogP contribution in [-0.2, 0) is 6.54 Å². The summed E-state index contributed by atoms with van der Waals surface area (Å²) < 4.78 is 6.23. The van der Waals surface area contributed by atoms with Gasteiger partial charge in [-0.15, -0.1) is 0 Å². The van der Waals surface area contributed by atoms with Crippen LogP contribution in [0.4, 0.5) is 0 Å². The summed E-state index contributed by atoms with van der Waals surface area (Å²) in [5, 5.41) is 1.51. The Kier molecular flexibility index (Phi) is 4.39. The second-order valence-corrected chi connectivity index (χ2v) is 6.05. The van der Waals surface area contributed by atoms with Gasteiger partial charge in [0.25, 0.3) is 0 Å². The largest absolute Gasteiger partial charge is 0.484 e. The summed E-state index contributed by atoms with van der Waals surface area (Å²) in [4.78, 5) is 2.34. The second-order valence-electron chi connectivity index (χ2n) is 5.20. The first kappa shape index (κ1) is 14.7. The highest BCUT2D eigenvalue weighted by molar-refractivity contribution is 6.31. The molecule has 110 valence electrons. The summed E-state index contributed by atoms with van der Waals surface area (Å²) in [6.07, 6.45) is -0.0121. The van der Waals surface area contributed by atoms with E-state index in [0.29, 0.717) is 0 Å². The van der Waals surface area contributed by atoms with E-state index in [-0.39, 0.29) is 6.10 Å². The molecular weight excluding hydrogens is 305 g/mol. The van der Waals surface area contributed by atoms with Crippen LogP contribution in [-0.4, -0.2) is 18.0 Å². The number of hydrogen-bond acceptors (Lipinski definition) is 2. The quantitative estimate of drug-likeness (QED) is 0.776. The van der Waals surface area contributed by atoms with Crippen LogP contribution in [0.25, 0.3) is 0 Å². The predicted molar refractivity (Wildman–Crippen MR) is 87.2 cm³/mol. The lowest BCUT2D eigenvalue weighted by Gasteiger charge is -2.22. The Bertz CT molecular complexity index is 627. The van der Waals surface area contributed by atoms with Gasteiger partial charge in [0.05, 0.1) is 0 Å². The fourth-order valence-corrected chi connectivity index (χ4v) is 2.96. The highest BCUT2D eigenvalue weighted by atomic mass is 35.5. The molecule has 1 atom stereocenters. The molecule has 3 rings (SSSR count). The number of hydrogen-bond donors (Lipinski definition) is 0. The van der Waals surface area contributed by atoms with E-state index in [0.717, 1.165) is 46.6 Å². The number of fused-ring (bicyclic) bond motifs is 1. The maximum atomic E-state index is 6.33. The van der Waals surface area contributed by atoms with E-state index in [4.69, 9.17) is 27.9 Å². The molecule has 1 aliphatic rings. The lowest BCUT2D eigenvalue weighted by atomic mass is 10.1. The monoisotopic (exact) mass is 321 g/mol. The zero-order valence-corrected chi connectivity index (χ0v) is 13.4. The number of benzene rings is 2. The normalized spacial score (nSPS) is 18.7. The Balaban J connectivity index is 1.97. The molecule has 4 heteroatoms. The van der Waals surface area contributed by atoms with Gasteiger partial charge in [-0.05, 0) is 36.4 Å². The molecule has 0 spiro atoms. The summed E-state index contributed by atoms with van der Waals surface area (Å²) in [6.45, 7) is 4.76. The van der Waals surface area contributed by atoms with Crippen molar-refractivity contribution in [1.29, 1.82) is 0 Å². The van der Waals surface area contributed by atoms with E-state index >= 15 is 0 Å². The second kappa shape index (κ2) is 6.27. The number of halogens is 2. The van der Waals surface area contributed by atoms with E-state index in [9.17, 15) is 0 Å². The Morgan fingerprint density at radius 1 is 1.14 bits per heavy atom. The first-order valence-corrected chi connectivity index (χ1v) is 7.85. The molecule has 0 radical (unpaired) electrons. The zero-order valence-electron chi connectivity index (χ0n) is 11.9. The van der Waals surface area contributed by atoms with E-state index < -0.39 is 0 Å². The standard InChI is InChI=1S/C17H17Cl2NO/c1-2-20-10-14-15(19)4-3-5-16(14)21-17(11-20)12-6-8-13(18)9-7-12/h3-9,17H,2,10-11H2,1H3. The minimum atomic E-state index is -0.0121. The van der Waals surface area contributed by atoms with Gasteiger partial charge < -0.3 is 4.74 Å². The fourth-order valence-electron chi connectivity index (χ4n) is 2.61. The van der Waals surface area contributed by atoms with Crippen molar-refractivity contribution in [3.8, 4) is 5.75 Å². The van der Waals surface area contributed by atoms with Crippen LogP contribution in [0.5, 0.6) is 5.75 Å². The molecule has 1 heterocycles. The molecule has 0 fully saturated rings. The number of nitrogens with zero attached hydrogens (tertiary/aromatic N) is 1. The maximum Gasteiger partial charge on any atom is 0.136 e. The zero-order chi connectivity index (χ0) is 14.8. The SMILES string of the molecule is CCN1Cc2c(Cl)cccc2OC(c2ccc(Cl)cc2)C1. The van der Waals surface area contributed by atoms with Crippen molar-refractivity contribution in [1.82, 2.24) is 4.90 Å². The van der Waals surface area contributed by atoms with Gasteiger partial charge in [-0.25, -0.2) is 0 Å². The molecule has 2 aromatic carbocycles. The van der Waals surface area contributed by atoms with E-state index in [2.05, 4.69) is 11.8 Å². The lowest BCUT2D eigenvalue weighted by Crippen LogP contribution is -2.27. The molecule has 0 bridgehead atoms. The summed E-state index contributed by atoms with van der Waals surface area (Å²) in [5.74, 6) is 0.874. The summed E-state index contributed by atoms with van der Waals surface area (Å²) in [7, 11) is 0. The molecule has 21 heavy (non-hydrogen) atoms. The predicted octanol–water partition coefficient (Wildman–Crippen LogP) is 4.95. The van der Waals surface area contributed by atoms with Crippen molar-refractivity contribution < 1.29 is 4.74 Å². The minimum Gasteiger partial charge on any atom is -0.484 e. The van der Waals surface area contributed by atoms with Crippen molar-refractivity contribution in [2.75, 3.05) is 13.1 Å². The van der Waals surface area contributed by atoms with Gasteiger partial charge >= 0.3 is 0 Å². The third kappa shape index (κ3) is 3.18. The number of ether oxygens (including phenoxy) is 1. The van der Waals surface area contributed by atoms with Gasteiger partial charge in [0.2, 0.25) is 0 Å². The molecule has 0 saturated carbocycles. The average Bonchev–Trinajstić information content (AvgIpc) is 2.68. The number of likely N-dealkylation sites (N-methyl/N-ethyl adjacent to an activating group) is 1. The van der Waals surface area contributed by atoms with E-state index in [1.165, 1.54) is 0 Å². The molecule has 1 unspecified atom stereocenters.